The predicted molar refractivity (Wildman–Crippen MR) is 65.3 cm³/mol. The highest BCUT2D eigenvalue weighted by Gasteiger charge is 2.31. The minimum absolute atomic E-state index is 0.0397. The third-order valence-electron chi connectivity index (χ3n) is 1.84. The molecule has 1 amide bonds. The van der Waals surface area contributed by atoms with Crippen LogP contribution in [0.1, 0.15) is 19.4 Å². The maximum absolute atomic E-state index is 12.5. The van der Waals surface area contributed by atoms with E-state index in [0.717, 1.165) is 12.1 Å². The van der Waals surface area contributed by atoms with Crippen LogP contribution in [-0.2, 0) is 11.0 Å². The smallest absolute Gasteiger partial charge is 0.298 e. The van der Waals surface area contributed by atoms with Gasteiger partial charge in [0.1, 0.15) is 0 Å². The minimum atomic E-state index is -4.52. The van der Waals surface area contributed by atoms with Gasteiger partial charge in [-0.3, -0.25) is 10.2 Å². The lowest BCUT2D eigenvalue weighted by atomic mass is 10.2. The summed E-state index contributed by atoms with van der Waals surface area (Å²) in [4.78, 5) is 15.6. The molecule has 0 aliphatic carbocycles. The van der Waals surface area contributed by atoms with Gasteiger partial charge in [0.15, 0.2) is 0 Å². The summed E-state index contributed by atoms with van der Waals surface area (Å²) in [6, 6.07) is 2.56. The Morgan fingerprint density at radius 3 is 2.53 bits per heavy atom. The molecule has 0 fully saturated rings. The Kier molecular flexibility index (Phi) is 4.77. The summed E-state index contributed by atoms with van der Waals surface area (Å²) in [5.74, 6) is 0. The van der Waals surface area contributed by atoms with Gasteiger partial charge in [0.05, 0.1) is 22.0 Å². The Morgan fingerprint density at radius 2 is 2.00 bits per heavy atom. The summed E-state index contributed by atoms with van der Waals surface area (Å²) in [7, 11) is 0. The summed E-state index contributed by atoms with van der Waals surface area (Å²) in [5.41, 5.74) is -0.655. The second-order valence-electron chi connectivity index (χ2n) is 3.73. The number of carbonyl (C=O) groups is 1. The van der Waals surface area contributed by atoms with Gasteiger partial charge in [-0.2, -0.15) is 13.2 Å². The molecule has 8 heteroatoms. The van der Waals surface area contributed by atoms with Crippen molar-refractivity contribution in [3.8, 4) is 0 Å². The zero-order valence-corrected chi connectivity index (χ0v) is 10.8. The van der Waals surface area contributed by atoms with Crippen LogP contribution in [0.5, 0.6) is 0 Å². The molecule has 0 aromatic heterocycles. The van der Waals surface area contributed by atoms with Crippen molar-refractivity contribution in [2.45, 2.75) is 20.0 Å². The second kappa shape index (κ2) is 5.92. The molecule has 19 heavy (non-hydrogen) atoms. The van der Waals surface area contributed by atoms with Crippen LogP contribution in [0.2, 0.25) is 5.02 Å². The summed E-state index contributed by atoms with van der Waals surface area (Å²) in [6.45, 7) is 3.18. The van der Waals surface area contributed by atoms with Crippen LogP contribution < -0.4 is 5.32 Å². The summed E-state index contributed by atoms with van der Waals surface area (Å²) in [5, 5.41) is 5.40. The average molecular weight is 295 g/mol. The molecule has 0 bridgehead atoms. The van der Waals surface area contributed by atoms with Crippen molar-refractivity contribution in [2.75, 3.05) is 5.32 Å². The Balaban J connectivity index is 2.89. The second-order valence-corrected chi connectivity index (χ2v) is 4.14. The standard InChI is InChI=1S/C11H10ClF3N2O2/c1-6(2)17-19-10(18)16-9-5-7(11(13,14)15)3-4-8(9)12/h3-5H,1-2H3,(H,16,18). The molecule has 0 radical (unpaired) electrons. The van der Waals surface area contributed by atoms with Crippen molar-refractivity contribution in [3.63, 3.8) is 0 Å². The Bertz CT molecular complexity index is 511. The van der Waals surface area contributed by atoms with E-state index < -0.39 is 17.8 Å². The third kappa shape index (κ3) is 4.78. The normalized spacial score (nSPS) is 10.8. The highest BCUT2D eigenvalue weighted by molar-refractivity contribution is 6.33. The minimum Gasteiger partial charge on any atom is -0.298 e. The van der Waals surface area contributed by atoms with E-state index in [0.29, 0.717) is 11.8 Å². The van der Waals surface area contributed by atoms with E-state index in [9.17, 15) is 18.0 Å². The first-order valence-electron chi connectivity index (χ1n) is 5.06. The number of halogens is 4. The van der Waals surface area contributed by atoms with Crippen molar-refractivity contribution >= 4 is 29.1 Å². The first-order valence-corrected chi connectivity index (χ1v) is 5.44. The number of rotatable bonds is 2. The van der Waals surface area contributed by atoms with Gasteiger partial charge in [-0.25, -0.2) is 4.79 Å². The van der Waals surface area contributed by atoms with Gasteiger partial charge in [-0.1, -0.05) is 16.8 Å². The molecular formula is C11H10ClF3N2O2. The largest absolute Gasteiger partial charge is 0.437 e. The van der Waals surface area contributed by atoms with Crippen molar-refractivity contribution in [2.24, 2.45) is 5.16 Å². The molecule has 0 heterocycles. The average Bonchev–Trinajstić information content (AvgIpc) is 2.28. The van der Waals surface area contributed by atoms with Crippen LogP contribution in [0.3, 0.4) is 0 Å². The van der Waals surface area contributed by atoms with Gasteiger partial charge < -0.3 is 0 Å². The monoisotopic (exact) mass is 294 g/mol. The number of hydrogen-bond acceptors (Lipinski definition) is 3. The highest BCUT2D eigenvalue weighted by atomic mass is 35.5. The molecule has 1 N–H and O–H groups in total. The van der Waals surface area contributed by atoms with E-state index in [1.54, 1.807) is 13.8 Å². The molecule has 104 valence electrons. The molecule has 0 unspecified atom stereocenters. The van der Waals surface area contributed by atoms with Crippen LogP contribution in [-0.4, -0.2) is 11.8 Å². The van der Waals surface area contributed by atoms with Gasteiger partial charge in [-0.05, 0) is 32.0 Å². The van der Waals surface area contributed by atoms with Gasteiger partial charge in [0.2, 0.25) is 0 Å². The van der Waals surface area contributed by atoms with E-state index in [4.69, 9.17) is 11.6 Å². The lowest BCUT2D eigenvalue weighted by Gasteiger charge is -2.10. The molecule has 0 saturated carbocycles. The number of amides is 1. The molecule has 1 aromatic carbocycles. The number of nitrogens with zero attached hydrogens (tertiary/aromatic N) is 1. The number of anilines is 1. The fourth-order valence-corrected chi connectivity index (χ4v) is 1.23. The molecule has 1 aromatic rings. The fraction of sp³-hybridized carbons (Fsp3) is 0.273. The van der Waals surface area contributed by atoms with Crippen molar-refractivity contribution < 1.29 is 22.8 Å². The number of benzene rings is 1. The maximum atomic E-state index is 12.5. The van der Waals surface area contributed by atoms with Crippen LogP contribution in [0.4, 0.5) is 23.7 Å². The lowest BCUT2D eigenvalue weighted by molar-refractivity contribution is -0.137. The number of alkyl halides is 3. The third-order valence-corrected chi connectivity index (χ3v) is 2.17. The number of hydrogen-bond donors (Lipinski definition) is 1. The number of carbonyl (C=O) groups excluding carboxylic acids is 1. The van der Waals surface area contributed by atoms with E-state index in [-0.39, 0.29) is 10.7 Å². The van der Waals surface area contributed by atoms with Gasteiger partial charge in [0.25, 0.3) is 0 Å². The molecule has 0 spiro atoms. The topological polar surface area (TPSA) is 50.7 Å². The van der Waals surface area contributed by atoms with Crippen molar-refractivity contribution in [3.05, 3.63) is 28.8 Å². The number of oxime groups is 1. The van der Waals surface area contributed by atoms with Gasteiger partial charge >= 0.3 is 12.3 Å². The van der Waals surface area contributed by atoms with Crippen molar-refractivity contribution in [1.29, 1.82) is 0 Å². The van der Waals surface area contributed by atoms with E-state index >= 15 is 0 Å². The molecular weight excluding hydrogens is 285 g/mol. The van der Waals surface area contributed by atoms with Crippen molar-refractivity contribution in [1.82, 2.24) is 0 Å². The Labute approximate surface area is 112 Å². The Hall–Kier alpha value is -1.76. The lowest BCUT2D eigenvalue weighted by Crippen LogP contribution is -2.13. The molecule has 0 saturated heterocycles. The summed E-state index contributed by atoms with van der Waals surface area (Å²) in [6.07, 6.45) is -5.55. The van der Waals surface area contributed by atoms with E-state index in [2.05, 4.69) is 15.3 Å². The Morgan fingerprint density at radius 1 is 1.37 bits per heavy atom. The first kappa shape index (κ1) is 15.3. The molecule has 0 aliphatic heterocycles. The molecule has 0 atom stereocenters. The molecule has 0 aliphatic rings. The van der Waals surface area contributed by atoms with Gasteiger partial charge in [0, 0.05) is 0 Å². The van der Waals surface area contributed by atoms with Crippen LogP contribution >= 0.6 is 11.6 Å². The van der Waals surface area contributed by atoms with E-state index in [1.807, 2.05) is 0 Å². The van der Waals surface area contributed by atoms with Gasteiger partial charge in [-0.15, -0.1) is 0 Å². The van der Waals surface area contributed by atoms with Crippen LogP contribution in [0, 0.1) is 0 Å². The molecule has 1 rings (SSSR count). The zero-order chi connectivity index (χ0) is 14.6. The molecule has 4 nitrogen and oxygen atoms in total. The predicted octanol–water partition coefficient (Wildman–Crippen LogP) is 4.30. The fourth-order valence-electron chi connectivity index (χ4n) is 1.06. The summed E-state index contributed by atoms with van der Waals surface area (Å²) >= 11 is 5.68. The van der Waals surface area contributed by atoms with Crippen LogP contribution in [0.15, 0.2) is 23.4 Å². The maximum Gasteiger partial charge on any atom is 0.437 e. The summed E-state index contributed by atoms with van der Waals surface area (Å²) < 4.78 is 37.4. The highest BCUT2D eigenvalue weighted by Crippen LogP contribution is 2.33. The van der Waals surface area contributed by atoms with Crippen LogP contribution in [0.25, 0.3) is 0 Å². The SMILES string of the molecule is CC(C)=NOC(=O)Nc1cc(C(F)(F)F)ccc1Cl. The quantitative estimate of drug-likeness (QED) is 0.502. The first-order chi connectivity index (χ1) is 8.70. The number of nitrogens with one attached hydrogen (secondary N) is 1. The zero-order valence-electron chi connectivity index (χ0n) is 10.0. The van der Waals surface area contributed by atoms with E-state index in [1.165, 1.54) is 0 Å².